The first-order valence-electron chi connectivity index (χ1n) is 6.08. The average Bonchev–Trinajstić information content (AvgIpc) is 2.39. The van der Waals surface area contributed by atoms with Crippen molar-refractivity contribution < 1.29 is 14.3 Å². The van der Waals surface area contributed by atoms with Crippen LogP contribution in [0, 0.1) is 0 Å². The molecule has 0 fully saturated rings. The number of nitrogens with zero attached hydrogens (tertiary/aromatic N) is 1. The maximum absolute atomic E-state index is 11.8. The summed E-state index contributed by atoms with van der Waals surface area (Å²) in [6, 6.07) is 7.76. The van der Waals surface area contributed by atoms with E-state index in [1.165, 1.54) is 7.11 Å². The van der Waals surface area contributed by atoms with Gasteiger partial charge in [0.15, 0.2) is 0 Å². The van der Waals surface area contributed by atoms with E-state index in [4.69, 9.17) is 9.47 Å². The first-order chi connectivity index (χ1) is 8.58. The van der Waals surface area contributed by atoms with Crippen molar-refractivity contribution in [1.29, 1.82) is 0 Å². The van der Waals surface area contributed by atoms with E-state index in [-0.39, 0.29) is 5.91 Å². The minimum atomic E-state index is -0.405. The zero-order valence-corrected chi connectivity index (χ0v) is 11.5. The van der Waals surface area contributed by atoms with Crippen molar-refractivity contribution >= 4 is 5.91 Å². The smallest absolute Gasteiger partial charge is 0.251 e. The summed E-state index contributed by atoms with van der Waals surface area (Å²) in [5.74, 6) is 0.826. The second-order valence-corrected chi connectivity index (χ2v) is 4.15. The molecule has 0 heterocycles. The molecule has 4 heteroatoms. The lowest BCUT2D eigenvalue weighted by Gasteiger charge is -2.20. The molecule has 0 spiro atoms. The Kier molecular flexibility index (Phi) is 5.65. The Labute approximate surface area is 108 Å². The second kappa shape index (κ2) is 7.01. The molecule has 4 nitrogen and oxygen atoms in total. The summed E-state index contributed by atoms with van der Waals surface area (Å²) in [5, 5.41) is 0. The van der Waals surface area contributed by atoms with Crippen molar-refractivity contribution in [2.75, 3.05) is 20.8 Å². The Bertz CT molecular complexity index is 375. The maximum Gasteiger partial charge on any atom is 0.251 e. The third-order valence-electron chi connectivity index (χ3n) is 2.73. The van der Waals surface area contributed by atoms with E-state index in [1.54, 1.807) is 18.9 Å². The van der Waals surface area contributed by atoms with E-state index in [9.17, 15) is 4.79 Å². The lowest BCUT2D eigenvalue weighted by molar-refractivity contribution is -0.140. The van der Waals surface area contributed by atoms with Crippen LogP contribution in [0.4, 0.5) is 0 Å². The summed E-state index contributed by atoms with van der Waals surface area (Å²) in [6.45, 7) is 4.92. The zero-order valence-electron chi connectivity index (χ0n) is 11.5. The van der Waals surface area contributed by atoms with E-state index in [1.807, 2.05) is 31.2 Å². The summed E-state index contributed by atoms with van der Waals surface area (Å²) in [4.78, 5) is 13.5. The molecule has 100 valence electrons. The average molecular weight is 251 g/mol. The van der Waals surface area contributed by atoms with Crippen LogP contribution >= 0.6 is 0 Å². The molecule has 0 aliphatic rings. The van der Waals surface area contributed by atoms with Gasteiger partial charge in [-0.1, -0.05) is 12.1 Å². The third kappa shape index (κ3) is 4.04. The van der Waals surface area contributed by atoms with Crippen molar-refractivity contribution in [2.24, 2.45) is 0 Å². The van der Waals surface area contributed by atoms with Crippen LogP contribution in [-0.4, -0.2) is 37.7 Å². The van der Waals surface area contributed by atoms with Crippen molar-refractivity contribution in [3.63, 3.8) is 0 Å². The normalized spacial score (nSPS) is 12.0. The Morgan fingerprint density at radius 3 is 2.44 bits per heavy atom. The van der Waals surface area contributed by atoms with E-state index >= 15 is 0 Å². The summed E-state index contributed by atoms with van der Waals surface area (Å²) in [5.41, 5.74) is 1.07. The van der Waals surface area contributed by atoms with Gasteiger partial charge in [0.25, 0.3) is 5.91 Å². The van der Waals surface area contributed by atoms with Gasteiger partial charge in [-0.05, 0) is 31.5 Å². The number of methoxy groups -OCH3 is 1. The first-order valence-corrected chi connectivity index (χ1v) is 6.08. The largest absolute Gasteiger partial charge is 0.494 e. The molecule has 0 aliphatic carbocycles. The molecule has 18 heavy (non-hydrogen) atoms. The summed E-state index contributed by atoms with van der Waals surface area (Å²) >= 11 is 0. The summed E-state index contributed by atoms with van der Waals surface area (Å²) < 4.78 is 10.4. The molecular formula is C14H21NO3. The molecule has 0 saturated carbocycles. The Morgan fingerprint density at radius 2 is 1.94 bits per heavy atom. The molecule has 1 aromatic rings. The number of likely N-dealkylation sites (N-methyl/N-ethyl adjacent to an activating group) is 1. The monoisotopic (exact) mass is 251 g/mol. The SMILES string of the molecule is CCOc1ccc(CN(C)C(=O)C(C)OC)cc1. The quantitative estimate of drug-likeness (QED) is 0.777. The predicted molar refractivity (Wildman–Crippen MR) is 70.6 cm³/mol. The highest BCUT2D eigenvalue weighted by Crippen LogP contribution is 2.13. The highest BCUT2D eigenvalue weighted by atomic mass is 16.5. The van der Waals surface area contributed by atoms with Crippen LogP contribution in [0.1, 0.15) is 19.4 Å². The Balaban J connectivity index is 2.59. The van der Waals surface area contributed by atoms with Crippen LogP contribution in [0.5, 0.6) is 5.75 Å². The zero-order chi connectivity index (χ0) is 13.5. The van der Waals surface area contributed by atoms with Gasteiger partial charge in [-0.15, -0.1) is 0 Å². The lowest BCUT2D eigenvalue weighted by Crippen LogP contribution is -2.35. The van der Waals surface area contributed by atoms with Gasteiger partial charge in [0.1, 0.15) is 11.9 Å². The summed E-state index contributed by atoms with van der Waals surface area (Å²) in [7, 11) is 3.31. The fourth-order valence-electron chi connectivity index (χ4n) is 1.62. The molecule has 0 aliphatic heterocycles. The number of ether oxygens (including phenoxy) is 2. The van der Waals surface area contributed by atoms with Gasteiger partial charge < -0.3 is 14.4 Å². The van der Waals surface area contributed by atoms with Crippen molar-refractivity contribution in [2.45, 2.75) is 26.5 Å². The summed E-state index contributed by atoms with van der Waals surface area (Å²) in [6.07, 6.45) is -0.405. The van der Waals surface area contributed by atoms with Crippen molar-refractivity contribution in [3.8, 4) is 5.75 Å². The van der Waals surface area contributed by atoms with Crippen LogP contribution in [0.3, 0.4) is 0 Å². The molecule has 1 unspecified atom stereocenters. The minimum Gasteiger partial charge on any atom is -0.494 e. The fourth-order valence-corrected chi connectivity index (χ4v) is 1.62. The Morgan fingerprint density at radius 1 is 1.33 bits per heavy atom. The van der Waals surface area contributed by atoms with Crippen LogP contribution in [0.15, 0.2) is 24.3 Å². The van der Waals surface area contributed by atoms with Crippen LogP contribution in [0.2, 0.25) is 0 Å². The van der Waals surface area contributed by atoms with Gasteiger partial charge in [0.2, 0.25) is 0 Å². The number of amides is 1. The van der Waals surface area contributed by atoms with E-state index in [0.29, 0.717) is 13.2 Å². The van der Waals surface area contributed by atoms with E-state index in [0.717, 1.165) is 11.3 Å². The van der Waals surface area contributed by atoms with Gasteiger partial charge in [-0.25, -0.2) is 0 Å². The second-order valence-electron chi connectivity index (χ2n) is 4.15. The molecule has 1 aromatic carbocycles. The molecule has 0 bridgehead atoms. The number of benzene rings is 1. The molecule has 1 amide bonds. The first kappa shape index (κ1) is 14.5. The topological polar surface area (TPSA) is 38.8 Å². The highest BCUT2D eigenvalue weighted by Gasteiger charge is 2.16. The van der Waals surface area contributed by atoms with E-state index < -0.39 is 6.10 Å². The molecule has 0 saturated heterocycles. The van der Waals surface area contributed by atoms with Gasteiger partial charge >= 0.3 is 0 Å². The number of carbonyl (C=O) groups is 1. The van der Waals surface area contributed by atoms with Crippen LogP contribution in [-0.2, 0) is 16.1 Å². The van der Waals surface area contributed by atoms with Gasteiger partial charge in [0.05, 0.1) is 6.61 Å². The van der Waals surface area contributed by atoms with Crippen molar-refractivity contribution in [1.82, 2.24) is 4.90 Å². The van der Waals surface area contributed by atoms with Gasteiger partial charge in [0, 0.05) is 20.7 Å². The highest BCUT2D eigenvalue weighted by molar-refractivity contribution is 5.80. The molecule has 0 radical (unpaired) electrons. The number of carbonyl (C=O) groups excluding carboxylic acids is 1. The van der Waals surface area contributed by atoms with Crippen molar-refractivity contribution in [3.05, 3.63) is 29.8 Å². The standard InChI is InChI=1S/C14H21NO3/c1-5-18-13-8-6-12(7-9-13)10-15(3)14(16)11(2)17-4/h6-9,11H,5,10H2,1-4H3. The van der Waals surface area contributed by atoms with Gasteiger partial charge in [-0.2, -0.15) is 0 Å². The number of rotatable bonds is 6. The lowest BCUT2D eigenvalue weighted by atomic mass is 10.2. The Hall–Kier alpha value is -1.55. The van der Waals surface area contributed by atoms with E-state index in [2.05, 4.69) is 0 Å². The van der Waals surface area contributed by atoms with Gasteiger partial charge in [-0.3, -0.25) is 4.79 Å². The number of hydrogen-bond acceptors (Lipinski definition) is 3. The predicted octanol–water partition coefficient (Wildman–Crippen LogP) is 2.08. The maximum atomic E-state index is 11.8. The molecule has 1 atom stereocenters. The molecular weight excluding hydrogens is 230 g/mol. The fraction of sp³-hybridized carbons (Fsp3) is 0.500. The van der Waals surface area contributed by atoms with Crippen LogP contribution < -0.4 is 4.74 Å². The molecule has 0 N–H and O–H groups in total. The van der Waals surface area contributed by atoms with Crippen LogP contribution in [0.25, 0.3) is 0 Å². The molecule has 0 aromatic heterocycles. The third-order valence-corrected chi connectivity index (χ3v) is 2.73. The minimum absolute atomic E-state index is 0.0219. The number of hydrogen-bond donors (Lipinski definition) is 0. The molecule has 1 rings (SSSR count).